The topological polar surface area (TPSA) is 39.7 Å². The Hall–Kier alpha value is -3.67. The van der Waals surface area contributed by atoms with Crippen LogP contribution >= 0.6 is 0 Å². The van der Waals surface area contributed by atoms with Gasteiger partial charge in [-0.05, 0) is 73.4 Å². The van der Waals surface area contributed by atoms with E-state index in [0.717, 1.165) is 33.7 Å². The van der Waals surface area contributed by atoms with Crippen LogP contribution in [0.3, 0.4) is 0 Å². The fourth-order valence-corrected chi connectivity index (χ4v) is 4.83. The number of nitrogens with one attached hydrogen (secondary N) is 1. The van der Waals surface area contributed by atoms with Crippen molar-refractivity contribution in [3.8, 4) is 5.75 Å². The Kier molecular flexibility index (Phi) is 7.77. The number of anilines is 1. The lowest BCUT2D eigenvalue weighted by Crippen LogP contribution is -2.51. The van der Waals surface area contributed by atoms with Crippen molar-refractivity contribution in [2.24, 2.45) is 0 Å². The molecule has 0 saturated heterocycles. The zero-order chi connectivity index (χ0) is 26.5. The number of aryl methyl sites for hydroxylation is 1. The van der Waals surface area contributed by atoms with Gasteiger partial charge in [-0.1, -0.05) is 66.7 Å². The first kappa shape index (κ1) is 26.0. The number of hydrogen-bond acceptors (Lipinski definition) is 4. The molecule has 1 aliphatic heterocycles. The van der Waals surface area contributed by atoms with E-state index in [1.807, 2.05) is 42.5 Å². The van der Waals surface area contributed by atoms with Crippen LogP contribution < -0.4 is 10.1 Å². The van der Waals surface area contributed by atoms with Crippen LogP contribution in [0.5, 0.6) is 5.75 Å². The van der Waals surface area contributed by atoms with Crippen LogP contribution in [0.1, 0.15) is 47.8 Å². The molecule has 0 amide bonds. The van der Waals surface area contributed by atoms with E-state index < -0.39 is 5.60 Å². The first-order chi connectivity index (χ1) is 18.4. The largest absolute Gasteiger partial charge is 0.485 e. The molecule has 2 atom stereocenters. The molecule has 5 rings (SSSR count). The summed E-state index contributed by atoms with van der Waals surface area (Å²) in [4.78, 5) is 0. The lowest BCUT2D eigenvalue weighted by Gasteiger charge is -2.44. The second-order valence-corrected chi connectivity index (χ2v) is 10.3. The van der Waals surface area contributed by atoms with E-state index in [1.165, 1.54) is 17.7 Å². The molecule has 196 valence electrons. The average Bonchev–Trinajstić information content (AvgIpc) is 2.92. The Morgan fingerprint density at radius 1 is 0.816 bits per heavy atom. The highest BCUT2D eigenvalue weighted by Crippen LogP contribution is 2.45. The van der Waals surface area contributed by atoms with Gasteiger partial charge in [0.2, 0.25) is 0 Å². The fourth-order valence-electron chi connectivity index (χ4n) is 4.83. The Labute approximate surface area is 224 Å². The molecule has 0 fully saturated rings. The molecule has 4 aromatic carbocycles. The maximum atomic E-state index is 13.3. The molecule has 0 spiro atoms. The van der Waals surface area contributed by atoms with Gasteiger partial charge in [0.05, 0.1) is 13.2 Å². The van der Waals surface area contributed by atoms with Gasteiger partial charge in [-0.15, -0.1) is 0 Å². The summed E-state index contributed by atoms with van der Waals surface area (Å²) in [6, 6.07) is 31.0. The summed E-state index contributed by atoms with van der Waals surface area (Å²) in [5.41, 5.74) is 5.70. The van der Waals surface area contributed by atoms with E-state index in [4.69, 9.17) is 14.2 Å². The molecule has 38 heavy (non-hydrogen) atoms. The number of benzene rings is 4. The molecule has 0 aromatic heterocycles. The van der Waals surface area contributed by atoms with Crippen molar-refractivity contribution in [2.45, 2.75) is 58.3 Å². The van der Waals surface area contributed by atoms with Crippen molar-refractivity contribution in [2.75, 3.05) is 5.32 Å². The Balaban J connectivity index is 1.42. The van der Waals surface area contributed by atoms with E-state index in [0.29, 0.717) is 19.8 Å². The zero-order valence-corrected chi connectivity index (χ0v) is 22.1. The molecule has 0 aliphatic carbocycles. The molecule has 0 radical (unpaired) electrons. The molecule has 1 N–H and O–H groups in total. The molecular formula is C33H34FNO3. The summed E-state index contributed by atoms with van der Waals surface area (Å²) in [5.74, 6) is 0.550. The minimum atomic E-state index is -0.611. The third-order valence-corrected chi connectivity index (χ3v) is 7.01. The molecule has 1 heterocycles. The quantitative estimate of drug-likeness (QED) is 0.249. The summed E-state index contributed by atoms with van der Waals surface area (Å²) in [6.45, 7) is 7.70. The minimum absolute atomic E-state index is 0.238. The number of ether oxygens (including phenoxy) is 3. The lowest BCUT2D eigenvalue weighted by atomic mass is 9.87. The van der Waals surface area contributed by atoms with Crippen molar-refractivity contribution < 1.29 is 18.6 Å². The smallest absolute Gasteiger partial charge is 0.132 e. The van der Waals surface area contributed by atoms with Gasteiger partial charge in [0.15, 0.2) is 0 Å². The van der Waals surface area contributed by atoms with E-state index in [1.54, 1.807) is 12.1 Å². The van der Waals surface area contributed by atoms with Crippen LogP contribution in [0.4, 0.5) is 10.1 Å². The monoisotopic (exact) mass is 511 g/mol. The third kappa shape index (κ3) is 6.07. The van der Waals surface area contributed by atoms with Crippen molar-refractivity contribution in [1.82, 2.24) is 0 Å². The van der Waals surface area contributed by atoms with Gasteiger partial charge in [-0.3, -0.25) is 0 Å². The van der Waals surface area contributed by atoms with Gasteiger partial charge in [-0.25, -0.2) is 4.39 Å². The normalized spacial score (nSPS) is 17.9. The number of rotatable bonds is 9. The van der Waals surface area contributed by atoms with Gasteiger partial charge < -0.3 is 19.5 Å². The molecule has 0 bridgehead atoms. The van der Waals surface area contributed by atoms with Crippen molar-refractivity contribution in [1.29, 1.82) is 0 Å². The lowest BCUT2D eigenvalue weighted by molar-refractivity contribution is -0.170. The van der Waals surface area contributed by atoms with Gasteiger partial charge in [-0.2, -0.15) is 0 Å². The van der Waals surface area contributed by atoms with E-state index in [2.05, 4.69) is 56.4 Å². The number of halogens is 1. The van der Waals surface area contributed by atoms with E-state index >= 15 is 0 Å². The summed E-state index contributed by atoms with van der Waals surface area (Å²) in [7, 11) is 0. The van der Waals surface area contributed by atoms with Gasteiger partial charge >= 0.3 is 0 Å². The molecule has 4 aromatic rings. The first-order valence-corrected chi connectivity index (χ1v) is 13.0. The van der Waals surface area contributed by atoms with Crippen molar-refractivity contribution in [3.05, 3.63) is 131 Å². The number of hydrogen-bond donors (Lipinski definition) is 1. The molecule has 0 saturated carbocycles. The van der Waals surface area contributed by atoms with Crippen molar-refractivity contribution >= 4 is 5.69 Å². The van der Waals surface area contributed by atoms with Crippen LogP contribution in [-0.4, -0.2) is 11.7 Å². The minimum Gasteiger partial charge on any atom is -0.485 e. The highest BCUT2D eigenvalue weighted by atomic mass is 19.1. The predicted octanol–water partition coefficient (Wildman–Crippen LogP) is 7.76. The maximum Gasteiger partial charge on any atom is 0.132 e. The summed E-state index contributed by atoms with van der Waals surface area (Å²) >= 11 is 0. The Morgan fingerprint density at radius 3 is 2.32 bits per heavy atom. The van der Waals surface area contributed by atoms with Crippen LogP contribution in [0.15, 0.2) is 97.1 Å². The van der Waals surface area contributed by atoms with Crippen LogP contribution in [-0.2, 0) is 29.2 Å². The maximum absolute atomic E-state index is 13.3. The second kappa shape index (κ2) is 11.4. The molecule has 1 aliphatic rings. The Bertz CT molecular complexity index is 1350. The summed E-state index contributed by atoms with van der Waals surface area (Å²) in [5, 5.41) is 3.45. The third-order valence-electron chi connectivity index (χ3n) is 7.01. The van der Waals surface area contributed by atoms with Crippen LogP contribution in [0, 0.1) is 12.7 Å². The summed E-state index contributed by atoms with van der Waals surface area (Å²) < 4.78 is 33.0. The fraction of sp³-hybridized carbons (Fsp3) is 0.273. The molecular weight excluding hydrogens is 477 g/mol. The SMILES string of the molecule is Cc1ccccc1COC1C(OCc2ccccc2)c2cc(NCc3ccc(F)cc3)ccc2OC1(C)C. The highest BCUT2D eigenvalue weighted by molar-refractivity contribution is 5.54. The first-order valence-electron chi connectivity index (χ1n) is 13.0. The predicted molar refractivity (Wildman–Crippen MR) is 149 cm³/mol. The molecule has 2 unspecified atom stereocenters. The van der Waals surface area contributed by atoms with E-state index in [9.17, 15) is 4.39 Å². The highest BCUT2D eigenvalue weighted by Gasteiger charge is 2.45. The van der Waals surface area contributed by atoms with Gasteiger partial charge in [0.25, 0.3) is 0 Å². The van der Waals surface area contributed by atoms with Crippen LogP contribution in [0.2, 0.25) is 0 Å². The standard InChI is InChI=1S/C33H34FNO3/c1-23-9-7-8-12-26(23)22-37-32-31(36-21-25-10-5-4-6-11-25)29-19-28(17-18-30(29)38-33(32,2)3)35-20-24-13-15-27(34)16-14-24/h4-19,31-32,35H,20-22H2,1-3H3. The van der Waals surface area contributed by atoms with Gasteiger partial charge in [0.1, 0.15) is 29.4 Å². The number of fused-ring (bicyclic) bond motifs is 1. The second-order valence-electron chi connectivity index (χ2n) is 10.3. The van der Waals surface area contributed by atoms with Crippen LogP contribution in [0.25, 0.3) is 0 Å². The van der Waals surface area contributed by atoms with Crippen molar-refractivity contribution in [3.63, 3.8) is 0 Å². The Morgan fingerprint density at radius 2 is 1.55 bits per heavy atom. The molecule has 4 nitrogen and oxygen atoms in total. The average molecular weight is 512 g/mol. The summed E-state index contributed by atoms with van der Waals surface area (Å²) in [6.07, 6.45) is -0.684. The molecule has 5 heteroatoms. The zero-order valence-electron chi connectivity index (χ0n) is 22.1. The van der Waals surface area contributed by atoms with E-state index in [-0.39, 0.29) is 18.0 Å². The van der Waals surface area contributed by atoms with Gasteiger partial charge in [0, 0.05) is 17.8 Å².